The van der Waals surface area contributed by atoms with Crippen molar-refractivity contribution < 1.29 is 24.2 Å². The molecule has 1 aliphatic rings. The van der Waals surface area contributed by atoms with Crippen LogP contribution in [-0.4, -0.2) is 55.9 Å². The first kappa shape index (κ1) is 30.8. The first-order valence-corrected chi connectivity index (χ1v) is 14.4. The number of carbonyl (C=O) groups excluding carboxylic acids is 2. The third kappa shape index (κ3) is 8.21. The van der Waals surface area contributed by atoms with Crippen molar-refractivity contribution >= 4 is 11.8 Å². The molecule has 1 heterocycles. The second-order valence-corrected chi connectivity index (χ2v) is 10.8. The van der Waals surface area contributed by atoms with Gasteiger partial charge in [0.15, 0.2) is 0 Å². The predicted molar refractivity (Wildman–Crippen MR) is 163 cm³/mol. The van der Waals surface area contributed by atoms with Gasteiger partial charge >= 0.3 is 0 Å². The summed E-state index contributed by atoms with van der Waals surface area (Å²) >= 11 is 0. The lowest BCUT2D eigenvalue weighted by atomic mass is 9.85. The van der Waals surface area contributed by atoms with Crippen molar-refractivity contribution in [2.45, 2.75) is 50.9 Å². The summed E-state index contributed by atoms with van der Waals surface area (Å²) in [5.74, 6) is 1.10. The Morgan fingerprint density at radius 1 is 1.00 bits per heavy atom. The van der Waals surface area contributed by atoms with Crippen molar-refractivity contribution in [2.75, 3.05) is 26.7 Å². The average Bonchev–Trinajstić information content (AvgIpc) is 3.44. The van der Waals surface area contributed by atoms with Crippen LogP contribution in [0.1, 0.15) is 58.5 Å². The zero-order chi connectivity index (χ0) is 30.0. The summed E-state index contributed by atoms with van der Waals surface area (Å²) in [7, 11) is 1.64. The monoisotopic (exact) mass is 571 g/mol. The largest absolute Gasteiger partial charge is 0.497 e. The van der Waals surface area contributed by atoms with E-state index in [4.69, 9.17) is 9.47 Å². The van der Waals surface area contributed by atoms with Gasteiger partial charge in [0.1, 0.15) is 11.9 Å². The fourth-order valence-corrected chi connectivity index (χ4v) is 4.99. The number of nitrogens with one attached hydrogen (secondary N) is 3. The molecule has 3 atom stereocenters. The maximum atomic E-state index is 13.5. The van der Waals surface area contributed by atoms with Crippen LogP contribution in [0.25, 0.3) is 0 Å². The first-order chi connectivity index (χ1) is 20.3. The van der Waals surface area contributed by atoms with Crippen molar-refractivity contribution in [2.24, 2.45) is 0 Å². The van der Waals surface area contributed by atoms with Gasteiger partial charge in [0.2, 0.25) is 0 Å². The van der Waals surface area contributed by atoms with Crippen LogP contribution in [0, 0.1) is 0 Å². The third-order valence-corrected chi connectivity index (χ3v) is 7.66. The molecule has 2 amide bonds. The van der Waals surface area contributed by atoms with Gasteiger partial charge in [-0.15, -0.1) is 0 Å². The van der Waals surface area contributed by atoms with E-state index < -0.39 is 11.6 Å². The van der Waals surface area contributed by atoms with E-state index in [-0.39, 0.29) is 24.5 Å². The molecule has 3 aromatic rings. The van der Waals surface area contributed by atoms with Gasteiger partial charge in [-0.2, -0.15) is 0 Å². The molecule has 0 saturated carbocycles. The lowest BCUT2D eigenvalue weighted by Gasteiger charge is -2.36. The lowest BCUT2D eigenvalue weighted by molar-refractivity contribution is 0.0557. The number of ether oxygens (including phenoxy) is 2. The molecule has 222 valence electrons. The molecular weight excluding hydrogens is 530 g/mol. The van der Waals surface area contributed by atoms with Crippen LogP contribution < -0.4 is 20.7 Å². The first-order valence-electron chi connectivity index (χ1n) is 14.4. The molecule has 0 radical (unpaired) electrons. The van der Waals surface area contributed by atoms with Crippen LogP contribution in [-0.2, 0) is 16.7 Å². The minimum Gasteiger partial charge on any atom is -0.497 e. The standard InChI is InChI=1S/C34H41N3O5/c1-24-12-15-30(42-24)19-21-36-32(39)26-8-7-9-27(22-26)33(40)37-34(2,28-10-5-4-6-11-28)31(38)23-35-20-18-25-13-16-29(41-3)17-14-25/h4-14,16-17,22,30-31,35,38H,15,18-21,23H2,1-3H3,(H,36,39)(H,37,40)/t30-,31-,34+/m1/s1. The summed E-state index contributed by atoms with van der Waals surface area (Å²) < 4.78 is 10.9. The molecule has 1 aliphatic heterocycles. The molecule has 0 saturated heterocycles. The van der Waals surface area contributed by atoms with Gasteiger partial charge in [-0.1, -0.05) is 48.5 Å². The van der Waals surface area contributed by atoms with Gasteiger partial charge in [0.25, 0.3) is 11.8 Å². The lowest BCUT2D eigenvalue weighted by Crippen LogP contribution is -2.55. The van der Waals surface area contributed by atoms with Crippen LogP contribution in [0.15, 0.2) is 90.7 Å². The fourth-order valence-electron chi connectivity index (χ4n) is 4.99. The summed E-state index contributed by atoms with van der Waals surface area (Å²) in [5, 5.41) is 20.6. The molecule has 8 nitrogen and oxygen atoms in total. The van der Waals surface area contributed by atoms with E-state index in [2.05, 4.69) is 16.0 Å². The minimum absolute atomic E-state index is 0.0847. The van der Waals surface area contributed by atoms with Crippen molar-refractivity contribution in [1.29, 1.82) is 0 Å². The zero-order valence-electron chi connectivity index (χ0n) is 24.6. The number of carbonyl (C=O) groups is 2. The van der Waals surface area contributed by atoms with E-state index in [0.29, 0.717) is 30.6 Å². The second kappa shape index (κ2) is 14.7. The highest BCUT2D eigenvalue weighted by molar-refractivity contribution is 6.00. The van der Waals surface area contributed by atoms with Gasteiger partial charge in [-0.3, -0.25) is 9.59 Å². The molecule has 0 fully saturated rings. The average molecular weight is 572 g/mol. The van der Waals surface area contributed by atoms with Gasteiger partial charge in [0.05, 0.1) is 24.5 Å². The van der Waals surface area contributed by atoms with Gasteiger partial charge < -0.3 is 30.5 Å². The van der Waals surface area contributed by atoms with Crippen molar-refractivity contribution in [1.82, 2.24) is 16.0 Å². The molecule has 0 aromatic heterocycles. The van der Waals surface area contributed by atoms with E-state index >= 15 is 0 Å². The van der Waals surface area contributed by atoms with E-state index in [1.807, 2.05) is 74.5 Å². The maximum Gasteiger partial charge on any atom is 0.252 e. The Kier molecular flexibility index (Phi) is 10.8. The maximum absolute atomic E-state index is 13.5. The fraction of sp³-hybridized carbons (Fsp3) is 0.353. The van der Waals surface area contributed by atoms with E-state index in [0.717, 1.165) is 35.5 Å². The molecular formula is C34H41N3O5. The third-order valence-electron chi connectivity index (χ3n) is 7.66. The summed E-state index contributed by atoms with van der Waals surface area (Å²) in [6.07, 6.45) is 3.55. The summed E-state index contributed by atoms with van der Waals surface area (Å²) in [4.78, 5) is 26.3. The molecule has 4 N–H and O–H groups in total. The number of allylic oxidation sites excluding steroid dienone is 1. The Morgan fingerprint density at radius 3 is 2.38 bits per heavy atom. The number of hydrogen-bond donors (Lipinski definition) is 4. The normalized spacial score (nSPS) is 16.5. The highest BCUT2D eigenvalue weighted by Gasteiger charge is 2.36. The molecule has 0 spiro atoms. The minimum atomic E-state index is -1.09. The number of methoxy groups -OCH3 is 1. The Hall–Kier alpha value is -4.14. The molecule has 3 aromatic carbocycles. The van der Waals surface area contributed by atoms with Gasteiger partial charge in [-0.05, 0) is 74.3 Å². The van der Waals surface area contributed by atoms with E-state index in [9.17, 15) is 14.7 Å². The molecule has 42 heavy (non-hydrogen) atoms. The number of benzene rings is 3. The Balaban J connectivity index is 1.37. The SMILES string of the molecule is COc1ccc(CCNC[C@@H](O)[C@@](C)(NC(=O)c2cccc(C(=O)NCC[C@H]3CC=C(C)O3)c2)c2ccccc2)cc1. The second-order valence-electron chi connectivity index (χ2n) is 10.8. The highest BCUT2D eigenvalue weighted by atomic mass is 16.5. The molecule has 0 bridgehead atoms. The summed E-state index contributed by atoms with van der Waals surface area (Å²) in [5.41, 5.74) is 1.57. The quantitative estimate of drug-likeness (QED) is 0.214. The number of rotatable bonds is 14. The van der Waals surface area contributed by atoms with Crippen LogP contribution in [0.2, 0.25) is 0 Å². The van der Waals surface area contributed by atoms with E-state index in [1.165, 1.54) is 0 Å². The van der Waals surface area contributed by atoms with Crippen LogP contribution >= 0.6 is 0 Å². The molecule has 0 aliphatic carbocycles. The highest BCUT2D eigenvalue weighted by Crippen LogP contribution is 2.26. The molecule has 0 unspecified atom stereocenters. The van der Waals surface area contributed by atoms with Crippen molar-refractivity contribution in [3.63, 3.8) is 0 Å². The van der Waals surface area contributed by atoms with E-state index in [1.54, 1.807) is 31.4 Å². The van der Waals surface area contributed by atoms with Crippen LogP contribution in [0.5, 0.6) is 5.75 Å². The molecule has 8 heteroatoms. The van der Waals surface area contributed by atoms with Crippen LogP contribution in [0.4, 0.5) is 0 Å². The van der Waals surface area contributed by atoms with Crippen molar-refractivity contribution in [3.05, 3.63) is 113 Å². The van der Waals surface area contributed by atoms with Gasteiger partial charge in [0, 0.05) is 37.1 Å². The summed E-state index contributed by atoms with van der Waals surface area (Å²) in [6.45, 7) is 5.14. The zero-order valence-corrected chi connectivity index (χ0v) is 24.6. The number of aliphatic hydroxyl groups is 1. The Labute approximate surface area is 248 Å². The van der Waals surface area contributed by atoms with Crippen molar-refractivity contribution in [3.8, 4) is 5.75 Å². The van der Waals surface area contributed by atoms with Gasteiger partial charge in [-0.25, -0.2) is 0 Å². The topological polar surface area (TPSA) is 109 Å². The number of amides is 2. The predicted octanol–water partition coefficient (Wildman–Crippen LogP) is 4.35. The number of aliphatic hydroxyl groups excluding tert-OH is 1. The smallest absolute Gasteiger partial charge is 0.252 e. The Morgan fingerprint density at radius 2 is 1.71 bits per heavy atom. The Bertz CT molecular complexity index is 1360. The summed E-state index contributed by atoms with van der Waals surface area (Å²) in [6, 6.07) is 23.9. The molecule has 4 rings (SSSR count). The van der Waals surface area contributed by atoms with Crippen LogP contribution in [0.3, 0.4) is 0 Å². The number of hydrogen-bond acceptors (Lipinski definition) is 6.